The molecule has 0 radical (unpaired) electrons. The summed E-state index contributed by atoms with van der Waals surface area (Å²) < 4.78 is 0. The van der Waals surface area contributed by atoms with E-state index in [2.05, 4.69) is 18.7 Å². The number of benzene rings is 1. The van der Waals surface area contributed by atoms with Crippen molar-refractivity contribution < 1.29 is 4.79 Å². The Hall–Kier alpha value is -1.32. The molecule has 1 aliphatic rings. The van der Waals surface area contributed by atoms with Crippen molar-refractivity contribution in [1.29, 1.82) is 0 Å². The Balaban J connectivity index is 1.93. The number of amides is 1. The quantitative estimate of drug-likeness (QED) is 0.732. The number of likely N-dealkylation sites (tertiary alicyclic amines) is 1. The fraction of sp³-hybridized carbons (Fsp3) is 0.526. The van der Waals surface area contributed by atoms with Gasteiger partial charge < -0.3 is 4.90 Å². The average molecular weight is 335 g/mol. The zero-order valence-electron chi connectivity index (χ0n) is 14.3. The number of nitrogens with zero attached hydrogens (tertiary/aromatic N) is 2. The highest BCUT2D eigenvalue weighted by molar-refractivity contribution is 6.30. The second-order valence-corrected chi connectivity index (χ2v) is 6.68. The van der Waals surface area contributed by atoms with Gasteiger partial charge in [-0.3, -0.25) is 9.69 Å². The van der Waals surface area contributed by atoms with Crippen LogP contribution in [0.3, 0.4) is 0 Å². The van der Waals surface area contributed by atoms with E-state index in [-0.39, 0.29) is 5.91 Å². The monoisotopic (exact) mass is 334 g/mol. The summed E-state index contributed by atoms with van der Waals surface area (Å²) in [5, 5.41) is 0.685. The van der Waals surface area contributed by atoms with E-state index >= 15 is 0 Å². The maximum absolute atomic E-state index is 12.4. The van der Waals surface area contributed by atoms with Gasteiger partial charge in [-0.05, 0) is 43.0 Å². The molecule has 1 heterocycles. The molecule has 0 bridgehead atoms. The van der Waals surface area contributed by atoms with Crippen molar-refractivity contribution in [3.05, 3.63) is 40.9 Å². The molecule has 1 aliphatic heterocycles. The van der Waals surface area contributed by atoms with Crippen LogP contribution in [0, 0.1) is 0 Å². The summed E-state index contributed by atoms with van der Waals surface area (Å²) >= 11 is 5.96. The van der Waals surface area contributed by atoms with Gasteiger partial charge in [0.2, 0.25) is 5.91 Å². The van der Waals surface area contributed by atoms with E-state index in [0.29, 0.717) is 17.1 Å². The Morgan fingerprint density at radius 2 is 2.17 bits per heavy atom. The van der Waals surface area contributed by atoms with Crippen LogP contribution < -0.4 is 0 Å². The van der Waals surface area contributed by atoms with Gasteiger partial charge in [-0.1, -0.05) is 37.6 Å². The molecule has 0 aliphatic carbocycles. The van der Waals surface area contributed by atoms with Gasteiger partial charge in [0.15, 0.2) is 0 Å². The maximum Gasteiger partial charge on any atom is 0.246 e. The summed E-state index contributed by atoms with van der Waals surface area (Å²) in [5.74, 6) is 0.0568. The highest BCUT2D eigenvalue weighted by atomic mass is 35.5. The fourth-order valence-corrected chi connectivity index (χ4v) is 3.49. The molecule has 1 atom stereocenters. The molecule has 1 saturated heterocycles. The first-order valence-electron chi connectivity index (χ1n) is 8.49. The molecule has 0 saturated carbocycles. The largest absolute Gasteiger partial charge is 0.338 e. The molecule has 0 N–H and O–H groups in total. The van der Waals surface area contributed by atoms with Crippen molar-refractivity contribution >= 4 is 23.6 Å². The Bertz CT molecular complexity index is 554. The zero-order chi connectivity index (χ0) is 16.8. The molecule has 3 nitrogen and oxygen atoms in total. The number of rotatable bonds is 6. The van der Waals surface area contributed by atoms with E-state index in [0.717, 1.165) is 25.1 Å². The highest BCUT2D eigenvalue weighted by Crippen LogP contribution is 2.20. The van der Waals surface area contributed by atoms with Crippen molar-refractivity contribution in [2.24, 2.45) is 0 Å². The minimum atomic E-state index is 0.0568. The number of halogens is 1. The molecule has 1 amide bonds. The van der Waals surface area contributed by atoms with Crippen molar-refractivity contribution in [2.45, 2.75) is 45.2 Å². The van der Waals surface area contributed by atoms with E-state index < -0.39 is 0 Å². The predicted octanol–water partition coefficient (Wildman–Crippen LogP) is 4.07. The smallest absolute Gasteiger partial charge is 0.246 e. The van der Waals surface area contributed by atoms with Crippen molar-refractivity contribution in [1.82, 2.24) is 9.80 Å². The molecule has 4 heteroatoms. The number of carbonyl (C=O) groups is 1. The molecule has 2 rings (SSSR count). The fourth-order valence-electron chi connectivity index (χ4n) is 3.30. The number of carbonyl (C=O) groups excluding carboxylic acids is 1. The third-order valence-electron chi connectivity index (χ3n) is 4.82. The second-order valence-electron chi connectivity index (χ2n) is 6.25. The molecule has 23 heavy (non-hydrogen) atoms. The molecular formula is C19H27ClN2O. The van der Waals surface area contributed by atoms with E-state index in [9.17, 15) is 4.79 Å². The lowest BCUT2D eigenvalue weighted by molar-refractivity contribution is -0.126. The van der Waals surface area contributed by atoms with Crippen LogP contribution in [0.5, 0.6) is 0 Å². The average Bonchev–Trinajstić information content (AvgIpc) is 3.03. The molecule has 1 unspecified atom stereocenters. The predicted molar refractivity (Wildman–Crippen MR) is 97.6 cm³/mol. The Labute approximate surface area is 144 Å². The summed E-state index contributed by atoms with van der Waals surface area (Å²) in [7, 11) is 1.91. The first kappa shape index (κ1) is 18.0. The molecule has 0 aromatic heterocycles. The summed E-state index contributed by atoms with van der Waals surface area (Å²) in [6.45, 7) is 6.56. The van der Waals surface area contributed by atoms with E-state index in [4.69, 9.17) is 11.6 Å². The Kier molecular flexibility index (Phi) is 6.67. The van der Waals surface area contributed by atoms with Crippen molar-refractivity contribution in [3.8, 4) is 0 Å². The minimum Gasteiger partial charge on any atom is -0.338 e. The summed E-state index contributed by atoms with van der Waals surface area (Å²) in [6.07, 6.45) is 6.89. The maximum atomic E-state index is 12.4. The molecule has 1 fully saturated rings. The van der Waals surface area contributed by atoms with Gasteiger partial charge >= 0.3 is 0 Å². The van der Waals surface area contributed by atoms with Crippen LogP contribution in [0.15, 0.2) is 30.3 Å². The molecular weight excluding hydrogens is 308 g/mol. The minimum absolute atomic E-state index is 0.0568. The van der Waals surface area contributed by atoms with Gasteiger partial charge in [0.05, 0.1) is 0 Å². The van der Waals surface area contributed by atoms with Crippen molar-refractivity contribution in [2.75, 3.05) is 20.1 Å². The van der Waals surface area contributed by atoms with Crippen LogP contribution in [0.4, 0.5) is 0 Å². The highest BCUT2D eigenvalue weighted by Gasteiger charge is 2.30. The van der Waals surface area contributed by atoms with Crippen LogP contribution in [-0.4, -0.2) is 47.9 Å². The van der Waals surface area contributed by atoms with E-state index in [1.807, 2.05) is 42.3 Å². The Morgan fingerprint density at radius 1 is 1.43 bits per heavy atom. The van der Waals surface area contributed by atoms with Gasteiger partial charge in [0, 0.05) is 43.3 Å². The lowest BCUT2D eigenvalue weighted by Gasteiger charge is -2.28. The third kappa shape index (κ3) is 4.82. The van der Waals surface area contributed by atoms with Gasteiger partial charge in [-0.25, -0.2) is 0 Å². The molecule has 1 aromatic rings. The van der Waals surface area contributed by atoms with Crippen LogP contribution >= 0.6 is 11.6 Å². The molecule has 126 valence electrons. The van der Waals surface area contributed by atoms with Crippen LogP contribution in [0.25, 0.3) is 6.08 Å². The van der Waals surface area contributed by atoms with Gasteiger partial charge in [0.25, 0.3) is 0 Å². The summed E-state index contributed by atoms with van der Waals surface area (Å²) in [4.78, 5) is 16.8. The lowest BCUT2D eigenvalue weighted by Crippen LogP contribution is -2.40. The molecule has 0 spiro atoms. The lowest BCUT2D eigenvalue weighted by atomic mass is 10.1. The van der Waals surface area contributed by atoms with E-state index in [1.54, 1.807) is 6.08 Å². The zero-order valence-corrected chi connectivity index (χ0v) is 15.1. The first-order chi connectivity index (χ1) is 11.0. The molecule has 1 aromatic carbocycles. The van der Waals surface area contributed by atoms with Gasteiger partial charge in [0.1, 0.15) is 0 Å². The topological polar surface area (TPSA) is 23.6 Å². The van der Waals surface area contributed by atoms with Gasteiger partial charge in [-0.15, -0.1) is 0 Å². The van der Waals surface area contributed by atoms with E-state index in [1.165, 1.54) is 12.8 Å². The summed E-state index contributed by atoms with van der Waals surface area (Å²) in [5.41, 5.74) is 0.948. The summed E-state index contributed by atoms with van der Waals surface area (Å²) in [6, 6.07) is 8.48. The number of hydrogen-bond acceptors (Lipinski definition) is 2. The Morgan fingerprint density at radius 3 is 2.83 bits per heavy atom. The second kappa shape index (κ2) is 8.51. The van der Waals surface area contributed by atoms with Gasteiger partial charge in [-0.2, -0.15) is 0 Å². The SMILES string of the molecule is CCC(CC)N1CCC(N(C)C(=O)/C=C/c2cccc(Cl)c2)C1. The standard InChI is InChI=1S/C19H27ClN2O/c1-4-17(5-2)22-12-11-18(14-22)21(3)19(23)10-9-15-7-6-8-16(20)13-15/h6-10,13,17-18H,4-5,11-12,14H2,1-3H3/b10-9+. The van der Waals surface area contributed by atoms with Crippen LogP contribution in [0.2, 0.25) is 5.02 Å². The van der Waals surface area contributed by atoms with Crippen LogP contribution in [0.1, 0.15) is 38.7 Å². The third-order valence-corrected chi connectivity index (χ3v) is 5.05. The first-order valence-corrected chi connectivity index (χ1v) is 8.87. The number of hydrogen-bond donors (Lipinski definition) is 0. The van der Waals surface area contributed by atoms with Crippen LogP contribution in [-0.2, 0) is 4.79 Å². The number of likely N-dealkylation sites (N-methyl/N-ethyl adjacent to an activating group) is 1. The van der Waals surface area contributed by atoms with Crippen molar-refractivity contribution in [3.63, 3.8) is 0 Å². The normalized spacial score (nSPS) is 18.9.